The zero-order valence-corrected chi connectivity index (χ0v) is 11.4. The lowest BCUT2D eigenvalue weighted by molar-refractivity contribution is 0.0305. The van der Waals surface area contributed by atoms with E-state index in [9.17, 15) is 0 Å². The summed E-state index contributed by atoms with van der Waals surface area (Å²) in [4.78, 5) is 2.22. The minimum Gasteiger partial charge on any atom is -0.441 e. The van der Waals surface area contributed by atoms with Gasteiger partial charge in [-0.25, -0.2) is 0 Å². The SMILES string of the molecule is OCc1ccc(C2=CCC=C(N3CCOCC3)O2)cc1. The van der Waals surface area contributed by atoms with E-state index in [1.807, 2.05) is 24.3 Å². The third kappa shape index (κ3) is 2.86. The van der Waals surface area contributed by atoms with Crippen molar-refractivity contribution in [3.05, 3.63) is 53.4 Å². The second-order valence-electron chi connectivity index (χ2n) is 4.90. The van der Waals surface area contributed by atoms with Gasteiger partial charge in [-0.1, -0.05) is 24.3 Å². The van der Waals surface area contributed by atoms with Crippen LogP contribution in [-0.2, 0) is 16.1 Å². The molecule has 0 bridgehead atoms. The van der Waals surface area contributed by atoms with Crippen molar-refractivity contribution in [1.29, 1.82) is 0 Å². The first kappa shape index (κ1) is 13.2. The van der Waals surface area contributed by atoms with Gasteiger partial charge in [-0.2, -0.15) is 0 Å². The fraction of sp³-hybridized carbons (Fsp3) is 0.375. The van der Waals surface area contributed by atoms with Crippen LogP contribution in [0.25, 0.3) is 5.76 Å². The summed E-state index contributed by atoms with van der Waals surface area (Å²) in [5.41, 5.74) is 1.95. The van der Waals surface area contributed by atoms with Crippen molar-refractivity contribution in [2.75, 3.05) is 26.3 Å². The summed E-state index contributed by atoms with van der Waals surface area (Å²) < 4.78 is 11.4. The van der Waals surface area contributed by atoms with Crippen molar-refractivity contribution in [3.63, 3.8) is 0 Å². The summed E-state index contributed by atoms with van der Waals surface area (Å²) in [5, 5.41) is 9.08. The molecule has 106 valence electrons. The van der Waals surface area contributed by atoms with Crippen LogP contribution in [0.4, 0.5) is 0 Å². The molecule has 2 heterocycles. The molecule has 1 fully saturated rings. The molecule has 1 aromatic carbocycles. The Morgan fingerprint density at radius 3 is 2.50 bits per heavy atom. The molecule has 4 nitrogen and oxygen atoms in total. The minimum absolute atomic E-state index is 0.0686. The topological polar surface area (TPSA) is 41.9 Å². The average molecular weight is 273 g/mol. The maximum Gasteiger partial charge on any atom is 0.192 e. The quantitative estimate of drug-likeness (QED) is 0.916. The average Bonchev–Trinajstić information content (AvgIpc) is 2.56. The van der Waals surface area contributed by atoms with Crippen LogP contribution in [0.3, 0.4) is 0 Å². The van der Waals surface area contributed by atoms with Crippen molar-refractivity contribution in [2.45, 2.75) is 13.0 Å². The predicted octanol–water partition coefficient (Wildman–Crippen LogP) is 2.11. The number of allylic oxidation sites excluding steroid dienone is 2. The molecule has 1 saturated heterocycles. The molecule has 0 radical (unpaired) electrons. The van der Waals surface area contributed by atoms with E-state index in [2.05, 4.69) is 17.1 Å². The van der Waals surface area contributed by atoms with Crippen LogP contribution in [0.2, 0.25) is 0 Å². The van der Waals surface area contributed by atoms with Crippen molar-refractivity contribution in [1.82, 2.24) is 4.90 Å². The predicted molar refractivity (Wildman–Crippen MR) is 76.5 cm³/mol. The van der Waals surface area contributed by atoms with Crippen LogP contribution < -0.4 is 0 Å². The van der Waals surface area contributed by atoms with Crippen molar-refractivity contribution < 1.29 is 14.6 Å². The summed E-state index contributed by atoms with van der Waals surface area (Å²) in [6.45, 7) is 3.33. The highest BCUT2D eigenvalue weighted by atomic mass is 16.5. The van der Waals surface area contributed by atoms with E-state index in [4.69, 9.17) is 14.6 Å². The van der Waals surface area contributed by atoms with E-state index in [-0.39, 0.29) is 6.61 Å². The Bertz CT molecular complexity index is 513. The van der Waals surface area contributed by atoms with Crippen LogP contribution in [0.1, 0.15) is 17.5 Å². The Hall–Kier alpha value is -1.78. The summed E-state index contributed by atoms with van der Waals surface area (Å²) in [7, 11) is 0. The van der Waals surface area contributed by atoms with Gasteiger partial charge in [0.25, 0.3) is 0 Å². The van der Waals surface area contributed by atoms with E-state index in [1.54, 1.807) is 0 Å². The first-order chi connectivity index (χ1) is 9.86. The summed E-state index contributed by atoms with van der Waals surface area (Å²) in [6, 6.07) is 7.82. The lowest BCUT2D eigenvalue weighted by Gasteiger charge is -2.32. The van der Waals surface area contributed by atoms with E-state index in [0.29, 0.717) is 0 Å². The lowest BCUT2D eigenvalue weighted by atomic mass is 10.1. The van der Waals surface area contributed by atoms with Crippen molar-refractivity contribution in [2.24, 2.45) is 0 Å². The maximum atomic E-state index is 9.08. The van der Waals surface area contributed by atoms with Gasteiger partial charge in [-0.05, 0) is 24.1 Å². The fourth-order valence-electron chi connectivity index (χ4n) is 2.39. The molecule has 20 heavy (non-hydrogen) atoms. The minimum atomic E-state index is 0.0686. The highest BCUT2D eigenvalue weighted by Crippen LogP contribution is 2.26. The summed E-state index contributed by atoms with van der Waals surface area (Å²) in [5.74, 6) is 1.82. The van der Waals surface area contributed by atoms with Gasteiger partial charge in [0.2, 0.25) is 0 Å². The van der Waals surface area contributed by atoms with Gasteiger partial charge in [0, 0.05) is 18.7 Å². The number of nitrogens with zero attached hydrogens (tertiary/aromatic N) is 1. The largest absolute Gasteiger partial charge is 0.441 e. The number of hydrogen-bond acceptors (Lipinski definition) is 4. The van der Waals surface area contributed by atoms with Crippen LogP contribution >= 0.6 is 0 Å². The molecule has 0 amide bonds. The molecular formula is C16H19NO3. The molecule has 0 aliphatic carbocycles. The van der Waals surface area contributed by atoms with Crippen LogP contribution in [0.5, 0.6) is 0 Å². The van der Waals surface area contributed by atoms with Crippen LogP contribution in [-0.4, -0.2) is 36.3 Å². The Labute approximate surface area is 118 Å². The van der Waals surface area contributed by atoms with Gasteiger partial charge in [0.05, 0.1) is 19.8 Å². The molecule has 0 aromatic heterocycles. The van der Waals surface area contributed by atoms with E-state index >= 15 is 0 Å². The number of aliphatic hydroxyl groups excluding tert-OH is 1. The molecule has 2 aliphatic rings. The molecule has 0 spiro atoms. The highest BCUT2D eigenvalue weighted by molar-refractivity contribution is 5.62. The fourth-order valence-corrected chi connectivity index (χ4v) is 2.39. The van der Waals surface area contributed by atoms with Crippen LogP contribution in [0.15, 0.2) is 42.3 Å². The van der Waals surface area contributed by atoms with Gasteiger partial charge < -0.3 is 19.5 Å². The molecule has 4 heteroatoms. The van der Waals surface area contributed by atoms with Gasteiger partial charge in [-0.15, -0.1) is 0 Å². The van der Waals surface area contributed by atoms with Crippen LogP contribution in [0, 0.1) is 0 Å². The van der Waals surface area contributed by atoms with Crippen molar-refractivity contribution in [3.8, 4) is 0 Å². The number of benzene rings is 1. The zero-order chi connectivity index (χ0) is 13.8. The third-order valence-electron chi connectivity index (χ3n) is 3.55. The molecule has 0 unspecified atom stereocenters. The Morgan fingerprint density at radius 1 is 1.05 bits per heavy atom. The standard InChI is InChI=1S/C16H19NO3/c18-12-13-4-6-14(7-5-13)15-2-1-3-16(20-15)17-8-10-19-11-9-17/h2-7,18H,1,8-12H2. The monoisotopic (exact) mass is 273 g/mol. The molecular weight excluding hydrogens is 254 g/mol. The number of hydrogen-bond donors (Lipinski definition) is 1. The second-order valence-corrected chi connectivity index (χ2v) is 4.90. The number of morpholine rings is 1. The van der Waals surface area contributed by atoms with E-state index in [1.165, 1.54) is 0 Å². The Balaban J connectivity index is 1.70. The number of ether oxygens (including phenoxy) is 2. The molecule has 1 N–H and O–H groups in total. The van der Waals surface area contributed by atoms with Gasteiger partial charge in [0.15, 0.2) is 5.88 Å². The maximum absolute atomic E-state index is 9.08. The first-order valence-corrected chi connectivity index (χ1v) is 6.98. The first-order valence-electron chi connectivity index (χ1n) is 6.98. The third-order valence-corrected chi connectivity index (χ3v) is 3.55. The summed E-state index contributed by atoms with van der Waals surface area (Å²) in [6.07, 6.45) is 5.07. The van der Waals surface area contributed by atoms with Crippen molar-refractivity contribution >= 4 is 5.76 Å². The molecule has 2 aliphatic heterocycles. The van der Waals surface area contributed by atoms with Gasteiger partial charge >= 0.3 is 0 Å². The second kappa shape index (κ2) is 6.11. The normalized spacial score (nSPS) is 19.1. The van der Waals surface area contributed by atoms with E-state index < -0.39 is 0 Å². The summed E-state index contributed by atoms with van der Waals surface area (Å²) >= 11 is 0. The Kier molecular flexibility index (Phi) is 4.04. The Morgan fingerprint density at radius 2 is 1.80 bits per heavy atom. The number of aliphatic hydroxyl groups is 1. The lowest BCUT2D eigenvalue weighted by Crippen LogP contribution is -2.36. The number of rotatable bonds is 3. The molecule has 1 aromatic rings. The highest BCUT2D eigenvalue weighted by Gasteiger charge is 2.18. The zero-order valence-electron chi connectivity index (χ0n) is 11.4. The van der Waals surface area contributed by atoms with Gasteiger partial charge in [-0.3, -0.25) is 0 Å². The van der Waals surface area contributed by atoms with E-state index in [0.717, 1.165) is 55.5 Å². The smallest absolute Gasteiger partial charge is 0.192 e. The molecule has 3 rings (SSSR count). The van der Waals surface area contributed by atoms with Gasteiger partial charge in [0.1, 0.15) is 5.76 Å². The molecule has 0 saturated carbocycles. The molecule has 0 atom stereocenters.